The molecule has 1 heteroatoms. The number of aryl methyl sites for hydroxylation is 1. The lowest BCUT2D eigenvalue weighted by Crippen LogP contribution is -1.95. The third kappa shape index (κ3) is 1.75. The first-order valence-corrected chi connectivity index (χ1v) is 5.10. The van der Waals surface area contributed by atoms with Crippen LogP contribution in [0.1, 0.15) is 36.3 Å². The topological polar surface area (TPSA) is 20.2 Å². The van der Waals surface area contributed by atoms with Crippen LogP contribution in [0.3, 0.4) is 0 Å². The maximum Gasteiger partial charge on any atom is 0.0431 e. The second-order valence-corrected chi connectivity index (χ2v) is 3.80. The first kappa shape index (κ1) is 8.76. The summed E-state index contributed by atoms with van der Waals surface area (Å²) in [5.41, 5.74) is 3.04. The molecule has 1 nitrogen and oxygen atoms in total. The minimum atomic E-state index is 0.332. The zero-order valence-electron chi connectivity index (χ0n) is 7.87. The summed E-state index contributed by atoms with van der Waals surface area (Å²) >= 11 is 0. The summed E-state index contributed by atoms with van der Waals surface area (Å²) in [6.45, 7) is 0.332. The molecule has 0 saturated heterocycles. The minimum Gasteiger partial charge on any atom is -0.396 e. The molecule has 1 unspecified atom stereocenters. The molecule has 0 radical (unpaired) electrons. The zero-order valence-corrected chi connectivity index (χ0v) is 7.87. The Morgan fingerprint density at radius 1 is 1.31 bits per heavy atom. The van der Waals surface area contributed by atoms with Gasteiger partial charge >= 0.3 is 0 Å². The SMILES string of the molecule is OCCCC1CCc2ccccc21. The lowest BCUT2D eigenvalue weighted by molar-refractivity contribution is 0.279. The van der Waals surface area contributed by atoms with Crippen molar-refractivity contribution in [3.63, 3.8) is 0 Å². The van der Waals surface area contributed by atoms with Crippen molar-refractivity contribution in [3.8, 4) is 0 Å². The average molecular weight is 176 g/mol. The third-order valence-electron chi connectivity index (χ3n) is 2.97. The molecule has 1 N–H and O–H groups in total. The first-order chi connectivity index (χ1) is 6.42. The zero-order chi connectivity index (χ0) is 9.10. The molecule has 0 spiro atoms. The minimum absolute atomic E-state index is 0.332. The van der Waals surface area contributed by atoms with Crippen LogP contribution >= 0.6 is 0 Å². The molecule has 1 aromatic rings. The Balaban J connectivity index is 2.09. The fourth-order valence-corrected chi connectivity index (χ4v) is 2.28. The highest BCUT2D eigenvalue weighted by Gasteiger charge is 2.20. The summed E-state index contributed by atoms with van der Waals surface area (Å²) in [5, 5.41) is 8.77. The smallest absolute Gasteiger partial charge is 0.0431 e. The highest BCUT2D eigenvalue weighted by atomic mass is 16.2. The molecule has 0 fully saturated rings. The molecule has 0 aromatic heterocycles. The van der Waals surface area contributed by atoms with Crippen LogP contribution in [0.2, 0.25) is 0 Å². The lowest BCUT2D eigenvalue weighted by atomic mass is 9.96. The molecule has 1 atom stereocenters. The van der Waals surface area contributed by atoms with E-state index in [1.807, 2.05) is 0 Å². The maximum atomic E-state index is 8.77. The standard InChI is InChI=1S/C12H16O/c13-9-3-5-11-8-7-10-4-1-2-6-12(10)11/h1-2,4,6,11,13H,3,5,7-9H2. The summed E-state index contributed by atoms with van der Waals surface area (Å²) in [6, 6.07) is 8.71. The third-order valence-corrected chi connectivity index (χ3v) is 2.97. The van der Waals surface area contributed by atoms with Gasteiger partial charge in [-0.3, -0.25) is 0 Å². The summed E-state index contributed by atoms with van der Waals surface area (Å²) in [4.78, 5) is 0. The van der Waals surface area contributed by atoms with Crippen LogP contribution < -0.4 is 0 Å². The van der Waals surface area contributed by atoms with Crippen LogP contribution in [-0.4, -0.2) is 11.7 Å². The van der Waals surface area contributed by atoms with Gasteiger partial charge in [0.2, 0.25) is 0 Å². The molecular formula is C12H16O. The molecular weight excluding hydrogens is 160 g/mol. The van der Waals surface area contributed by atoms with E-state index in [1.165, 1.54) is 24.0 Å². The van der Waals surface area contributed by atoms with E-state index in [2.05, 4.69) is 24.3 Å². The number of fused-ring (bicyclic) bond motifs is 1. The van der Waals surface area contributed by atoms with Gasteiger partial charge in [0.25, 0.3) is 0 Å². The van der Waals surface area contributed by atoms with Gasteiger partial charge in [0, 0.05) is 6.61 Å². The van der Waals surface area contributed by atoms with Gasteiger partial charge in [0.1, 0.15) is 0 Å². The number of hydrogen-bond acceptors (Lipinski definition) is 1. The summed E-state index contributed by atoms with van der Waals surface area (Å²) < 4.78 is 0. The predicted octanol–water partition coefficient (Wildman–Crippen LogP) is 2.49. The Morgan fingerprint density at radius 3 is 3.00 bits per heavy atom. The van der Waals surface area contributed by atoms with Gasteiger partial charge in [-0.05, 0) is 42.7 Å². The van der Waals surface area contributed by atoms with Crippen LogP contribution in [0.25, 0.3) is 0 Å². The number of aliphatic hydroxyl groups excluding tert-OH is 1. The Morgan fingerprint density at radius 2 is 2.15 bits per heavy atom. The number of benzene rings is 1. The number of hydrogen-bond donors (Lipinski definition) is 1. The van der Waals surface area contributed by atoms with Crippen molar-refractivity contribution in [2.24, 2.45) is 0 Å². The van der Waals surface area contributed by atoms with E-state index in [-0.39, 0.29) is 0 Å². The quantitative estimate of drug-likeness (QED) is 0.750. The molecule has 2 rings (SSSR count). The maximum absolute atomic E-state index is 8.77. The van der Waals surface area contributed by atoms with Crippen molar-refractivity contribution in [2.75, 3.05) is 6.61 Å². The van der Waals surface area contributed by atoms with Gasteiger partial charge < -0.3 is 5.11 Å². The summed E-state index contributed by atoms with van der Waals surface area (Å²) in [5.74, 6) is 0.711. The largest absolute Gasteiger partial charge is 0.396 e. The summed E-state index contributed by atoms with van der Waals surface area (Å²) in [7, 11) is 0. The fourth-order valence-electron chi connectivity index (χ4n) is 2.28. The Labute approximate surface area is 79.4 Å². The van der Waals surface area contributed by atoms with E-state index in [4.69, 9.17) is 5.11 Å². The molecule has 1 aromatic carbocycles. The molecule has 0 amide bonds. The van der Waals surface area contributed by atoms with Gasteiger partial charge in [-0.15, -0.1) is 0 Å². The molecule has 1 aliphatic carbocycles. The van der Waals surface area contributed by atoms with Crippen LogP contribution in [0.5, 0.6) is 0 Å². The van der Waals surface area contributed by atoms with Crippen LogP contribution in [0.4, 0.5) is 0 Å². The Kier molecular flexibility index (Phi) is 2.65. The van der Waals surface area contributed by atoms with Crippen LogP contribution in [-0.2, 0) is 6.42 Å². The van der Waals surface area contributed by atoms with Crippen LogP contribution in [0.15, 0.2) is 24.3 Å². The summed E-state index contributed by atoms with van der Waals surface area (Å²) in [6.07, 6.45) is 4.60. The highest BCUT2D eigenvalue weighted by Crippen LogP contribution is 2.35. The Bertz CT molecular complexity index is 280. The molecule has 1 aliphatic rings. The first-order valence-electron chi connectivity index (χ1n) is 5.10. The van der Waals surface area contributed by atoms with Crippen molar-refractivity contribution in [1.82, 2.24) is 0 Å². The van der Waals surface area contributed by atoms with E-state index in [9.17, 15) is 0 Å². The Hall–Kier alpha value is -0.820. The molecule has 0 saturated carbocycles. The van der Waals surface area contributed by atoms with Crippen molar-refractivity contribution < 1.29 is 5.11 Å². The van der Waals surface area contributed by atoms with E-state index >= 15 is 0 Å². The van der Waals surface area contributed by atoms with E-state index in [0.717, 1.165) is 12.8 Å². The monoisotopic (exact) mass is 176 g/mol. The van der Waals surface area contributed by atoms with E-state index in [1.54, 1.807) is 0 Å². The van der Waals surface area contributed by atoms with Crippen molar-refractivity contribution in [2.45, 2.75) is 31.6 Å². The van der Waals surface area contributed by atoms with Gasteiger partial charge in [-0.25, -0.2) is 0 Å². The van der Waals surface area contributed by atoms with Gasteiger partial charge in [0.15, 0.2) is 0 Å². The van der Waals surface area contributed by atoms with E-state index < -0.39 is 0 Å². The van der Waals surface area contributed by atoms with Gasteiger partial charge in [-0.1, -0.05) is 24.3 Å². The highest BCUT2D eigenvalue weighted by molar-refractivity contribution is 5.34. The van der Waals surface area contributed by atoms with Crippen molar-refractivity contribution >= 4 is 0 Å². The lowest BCUT2D eigenvalue weighted by Gasteiger charge is -2.09. The fraction of sp³-hybridized carbons (Fsp3) is 0.500. The normalized spacial score (nSPS) is 20.2. The number of rotatable bonds is 3. The molecule has 70 valence electrons. The molecule has 0 aliphatic heterocycles. The average Bonchev–Trinajstić information content (AvgIpc) is 2.58. The van der Waals surface area contributed by atoms with Crippen molar-refractivity contribution in [3.05, 3.63) is 35.4 Å². The molecule has 13 heavy (non-hydrogen) atoms. The number of aliphatic hydroxyl groups is 1. The van der Waals surface area contributed by atoms with Gasteiger partial charge in [-0.2, -0.15) is 0 Å². The molecule has 0 heterocycles. The van der Waals surface area contributed by atoms with Gasteiger partial charge in [0.05, 0.1) is 0 Å². The predicted molar refractivity (Wildman–Crippen MR) is 53.8 cm³/mol. The second-order valence-electron chi connectivity index (χ2n) is 3.80. The van der Waals surface area contributed by atoms with Crippen molar-refractivity contribution in [1.29, 1.82) is 0 Å². The van der Waals surface area contributed by atoms with Crippen LogP contribution in [0, 0.1) is 0 Å². The second kappa shape index (κ2) is 3.93. The molecule has 0 bridgehead atoms. The van der Waals surface area contributed by atoms with E-state index in [0.29, 0.717) is 12.5 Å².